The van der Waals surface area contributed by atoms with E-state index in [0.717, 1.165) is 39.3 Å². The predicted molar refractivity (Wildman–Crippen MR) is 99.5 cm³/mol. The van der Waals surface area contributed by atoms with E-state index in [1.807, 2.05) is 55.5 Å². The average Bonchev–Trinajstić information content (AvgIpc) is 2.65. The van der Waals surface area contributed by atoms with E-state index in [-0.39, 0.29) is 0 Å². The van der Waals surface area contributed by atoms with Crippen molar-refractivity contribution in [1.82, 2.24) is 4.98 Å². The number of ether oxygens (including phenoxy) is 2. The fraction of sp³-hybridized carbons (Fsp3) is 0.250. The van der Waals surface area contributed by atoms with E-state index < -0.39 is 6.10 Å². The van der Waals surface area contributed by atoms with Gasteiger partial charge in [0, 0.05) is 23.3 Å². The van der Waals surface area contributed by atoms with Crippen LogP contribution in [0.15, 0.2) is 48.5 Å². The number of nitrogens with one attached hydrogen (secondary N) is 1. The molecule has 1 unspecified atom stereocenters. The molecule has 5 nitrogen and oxygen atoms in total. The highest BCUT2D eigenvalue weighted by atomic mass is 16.5. The van der Waals surface area contributed by atoms with Gasteiger partial charge in [0.25, 0.3) is 0 Å². The van der Waals surface area contributed by atoms with Crippen LogP contribution < -0.4 is 14.8 Å². The molecule has 25 heavy (non-hydrogen) atoms. The Labute approximate surface area is 147 Å². The monoisotopic (exact) mass is 338 g/mol. The molecule has 0 saturated heterocycles. The van der Waals surface area contributed by atoms with Crippen molar-refractivity contribution in [3.05, 3.63) is 59.8 Å². The average molecular weight is 338 g/mol. The molecule has 0 spiro atoms. The zero-order valence-corrected chi connectivity index (χ0v) is 14.6. The Morgan fingerprint density at radius 3 is 2.64 bits per heavy atom. The van der Waals surface area contributed by atoms with E-state index in [9.17, 15) is 5.11 Å². The second-order valence-electron chi connectivity index (χ2n) is 5.84. The number of benzene rings is 2. The maximum atomic E-state index is 10.5. The minimum Gasteiger partial charge on any atom is -0.497 e. The van der Waals surface area contributed by atoms with Gasteiger partial charge in [-0.1, -0.05) is 24.3 Å². The van der Waals surface area contributed by atoms with Crippen molar-refractivity contribution in [3.63, 3.8) is 0 Å². The standard InChI is InChI=1S/C20H22N2O3/c1-13-10-17(16-8-5-9-19(25-3)20(16)22-13)21-12-18(23)14-6-4-7-15(11-14)24-2/h4-11,18,23H,12H2,1-3H3,(H,21,22). The first-order valence-corrected chi connectivity index (χ1v) is 8.12. The summed E-state index contributed by atoms with van der Waals surface area (Å²) in [6.07, 6.45) is -0.649. The Balaban J connectivity index is 1.85. The van der Waals surface area contributed by atoms with Crippen molar-refractivity contribution in [2.75, 3.05) is 26.1 Å². The van der Waals surface area contributed by atoms with Crippen molar-refractivity contribution < 1.29 is 14.6 Å². The van der Waals surface area contributed by atoms with Gasteiger partial charge in [-0.25, -0.2) is 4.98 Å². The van der Waals surface area contributed by atoms with Crippen LogP contribution in [0.3, 0.4) is 0 Å². The lowest BCUT2D eigenvalue weighted by Crippen LogP contribution is -2.12. The zero-order chi connectivity index (χ0) is 17.8. The first-order chi connectivity index (χ1) is 12.1. The van der Waals surface area contributed by atoms with E-state index in [2.05, 4.69) is 10.3 Å². The third kappa shape index (κ3) is 3.67. The van der Waals surface area contributed by atoms with E-state index in [0.29, 0.717) is 6.54 Å². The Morgan fingerprint density at radius 1 is 1.08 bits per heavy atom. The first kappa shape index (κ1) is 17.0. The largest absolute Gasteiger partial charge is 0.497 e. The molecule has 5 heteroatoms. The molecule has 0 aliphatic heterocycles. The van der Waals surface area contributed by atoms with E-state index >= 15 is 0 Å². The van der Waals surface area contributed by atoms with E-state index in [1.54, 1.807) is 14.2 Å². The number of pyridine rings is 1. The lowest BCUT2D eigenvalue weighted by Gasteiger charge is -2.16. The van der Waals surface area contributed by atoms with Crippen molar-refractivity contribution in [2.45, 2.75) is 13.0 Å². The summed E-state index contributed by atoms with van der Waals surface area (Å²) in [5.74, 6) is 1.46. The van der Waals surface area contributed by atoms with Gasteiger partial charge in [-0.3, -0.25) is 0 Å². The number of aryl methyl sites for hydroxylation is 1. The number of methoxy groups -OCH3 is 2. The summed E-state index contributed by atoms with van der Waals surface area (Å²) >= 11 is 0. The number of aliphatic hydroxyl groups is 1. The number of nitrogens with zero attached hydrogens (tertiary/aromatic N) is 1. The molecular formula is C20H22N2O3. The van der Waals surface area contributed by atoms with Gasteiger partial charge in [-0.2, -0.15) is 0 Å². The number of rotatable bonds is 6. The van der Waals surface area contributed by atoms with Crippen molar-refractivity contribution >= 4 is 16.6 Å². The molecule has 130 valence electrons. The first-order valence-electron chi connectivity index (χ1n) is 8.12. The number of anilines is 1. The molecule has 1 heterocycles. The molecule has 1 atom stereocenters. The van der Waals surface area contributed by atoms with Crippen LogP contribution in [0.4, 0.5) is 5.69 Å². The summed E-state index contributed by atoms with van der Waals surface area (Å²) in [6, 6.07) is 15.2. The molecule has 3 aromatic rings. The van der Waals surface area contributed by atoms with Crippen LogP contribution in [-0.4, -0.2) is 30.9 Å². The SMILES string of the molecule is COc1cccc(C(O)CNc2cc(C)nc3c(OC)cccc23)c1. The van der Waals surface area contributed by atoms with Crippen LogP contribution in [0.2, 0.25) is 0 Å². The molecule has 0 fully saturated rings. The van der Waals surface area contributed by atoms with Crippen LogP contribution >= 0.6 is 0 Å². The van der Waals surface area contributed by atoms with Gasteiger partial charge < -0.3 is 19.9 Å². The Hall–Kier alpha value is -2.79. The highest BCUT2D eigenvalue weighted by Crippen LogP contribution is 2.30. The number of hydrogen-bond acceptors (Lipinski definition) is 5. The van der Waals surface area contributed by atoms with Crippen LogP contribution in [-0.2, 0) is 0 Å². The molecule has 0 bridgehead atoms. The van der Waals surface area contributed by atoms with Crippen LogP contribution in [0.25, 0.3) is 10.9 Å². The number of para-hydroxylation sites is 1. The summed E-state index contributed by atoms with van der Waals surface area (Å²) in [5.41, 5.74) is 3.42. The molecular weight excluding hydrogens is 316 g/mol. The molecule has 2 aromatic carbocycles. The Bertz CT molecular complexity index is 880. The zero-order valence-electron chi connectivity index (χ0n) is 14.6. The maximum absolute atomic E-state index is 10.5. The fourth-order valence-electron chi connectivity index (χ4n) is 2.83. The van der Waals surface area contributed by atoms with Gasteiger partial charge in [0.05, 0.1) is 20.3 Å². The lowest BCUT2D eigenvalue weighted by molar-refractivity contribution is 0.191. The summed E-state index contributed by atoms with van der Waals surface area (Å²) in [4.78, 5) is 4.57. The number of hydrogen-bond donors (Lipinski definition) is 2. The third-order valence-corrected chi connectivity index (χ3v) is 4.11. The lowest BCUT2D eigenvalue weighted by atomic mass is 10.1. The van der Waals surface area contributed by atoms with Gasteiger partial charge >= 0.3 is 0 Å². The molecule has 0 amide bonds. The summed E-state index contributed by atoms with van der Waals surface area (Å²) < 4.78 is 10.6. The quantitative estimate of drug-likeness (QED) is 0.717. The smallest absolute Gasteiger partial charge is 0.145 e. The van der Waals surface area contributed by atoms with Crippen molar-refractivity contribution in [1.29, 1.82) is 0 Å². The molecule has 0 aliphatic carbocycles. The van der Waals surface area contributed by atoms with E-state index in [1.165, 1.54) is 0 Å². The highest BCUT2D eigenvalue weighted by molar-refractivity contribution is 5.95. The molecule has 1 aromatic heterocycles. The minimum absolute atomic E-state index is 0.378. The number of fused-ring (bicyclic) bond motifs is 1. The predicted octanol–water partition coefficient (Wildman–Crippen LogP) is 3.71. The summed E-state index contributed by atoms with van der Waals surface area (Å²) in [7, 11) is 3.25. The van der Waals surface area contributed by atoms with Crippen LogP contribution in [0.1, 0.15) is 17.4 Å². The van der Waals surface area contributed by atoms with Crippen molar-refractivity contribution in [3.8, 4) is 11.5 Å². The van der Waals surface area contributed by atoms with Gasteiger partial charge in [-0.15, -0.1) is 0 Å². The molecule has 3 rings (SSSR count). The molecule has 0 saturated carbocycles. The number of aliphatic hydroxyl groups excluding tert-OH is 1. The number of aromatic nitrogens is 1. The molecule has 2 N–H and O–H groups in total. The molecule has 0 radical (unpaired) electrons. The van der Waals surface area contributed by atoms with Crippen LogP contribution in [0.5, 0.6) is 11.5 Å². The fourth-order valence-corrected chi connectivity index (χ4v) is 2.83. The van der Waals surface area contributed by atoms with Gasteiger partial charge in [0.2, 0.25) is 0 Å². The highest BCUT2D eigenvalue weighted by Gasteiger charge is 2.12. The van der Waals surface area contributed by atoms with Gasteiger partial charge in [0.1, 0.15) is 17.0 Å². The molecule has 0 aliphatic rings. The topological polar surface area (TPSA) is 63.6 Å². The summed E-state index contributed by atoms with van der Waals surface area (Å²) in [6.45, 7) is 2.32. The van der Waals surface area contributed by atoms with E-state index in [4.69, 9.17) is 9.47 Å². The second-order valence-corrected chi connectivity index (χ2v) is 5.84. The van der Waals surface area contributed by atoms with Crippen LogP contribution in [0, 0.1) is 6.92 Å². The Kier molecular flexibility index (Phi) is 5.05. The maximum Gasteiger partial charge on any atom is 0.145 e. The third-order valence-electron chi connectivity index (χ3n) is 4.11. The van der Waals surface area contributed by atoms with Gasteiger partial charge in [-0.05, 0) is 36.8 Å². The van der Waals surface area contributed by atoms with Gasteiger partial charge in [0.15, 0.2) is 0 Å². The minimum atomic E-state index is -0.649. The normalized spacial score (nSPS) is 12.0. The van der Waals surface area contributed by atoms with Crippen molar-refractivity contribution in [2.24, 2.45) is 0 Å². The Morgan fingerprint density at radius 2 is 1.88 bits per heavy atom. The second kappa shape index (κ2) is 7.40. The summed E-state index contributed by atoms with van der Waals surface area (Å²) in [5, 5.41) is 14.8.